The fourth-order valence-electron chi connectivity index (χ4n) is 9.69. The molecule has 0 saturated carbocycles. The third-order valence-corrected chi connectivity index (χ3v) is 13.7. The molecule has 2 nitrogen and oxygen atoms in total. The lowest BCUT2D eigenvalue weighted by Gasteiger charge is -2.17. The Labute approximate surface area is 356 Å². The molecule has 0 saturated heterocycles. The topological polar surface area (TPSA) is 25.8 Å². The number of hydrogen-bond acceptors (Lipinski definition) is 3. The van der Waals surface area contributed by atoms with Gasteiger partial charge < -0.3 is 0 Å². The van der Waals surface area contributed by atoms with Crippen LogP contribution in [-0.4, -0.2) is 9.97 Å². The van der Waals surface area contributed by atoms with Crippen LogP contribution in [0.1, 0.15) is 0 Å². The lowest BCUT2D eigenvalue weighted by atomic mass is 9.86. The van der Waals surface area contributed by atoms with Gasteiger partial charge >= 0.3 is 0 Å². The van der Waals surface area contributed by atoms with Gasteiger partial charge in [-0.3, -0.25) is 0 Å². The Bertz CT molecular complexity index is 3810. The molecule has 2 aromatic heterocycles. The molecule has 0 unspecified atom stereocenters. The number of benzene rings is 10. The monoisotopic (exact) mass is 790 g/mol. The molecule has 3 heteroatoms. The van der Waals surface area contributed by atoms with Gasteiger partial charge in [-0.05, 0) is 123 Å². The van der Waals surface area contributed by atoms with Crippen molar-refractivity contribution < 1.29 is 0 Å². The fourth-order valence-corrected chi connectivity index (χ4v) is 10.7. The molecule has 0 spiro atoms. The Balaban J connectivity index is 0.910. The first-order valence-corrected chi connectivity index (χ1v) is 21.6. The number of nitrogens with zero attached hydrogens (tertiary/aromatic N) is 2. The highest BCUT2D eigenvalue weighted by molar-refractivity contribution is 7.22. The zero-order valence-electron chi connectivity index (χ0n) is 32.9. The molecule has 0 aliphatic heterocycles. The van der Waals surface area contributed by atoms with E-state index in [0.717, 1.165) is 38.8 Å². The Morgan fingerprint density at radius 3 is 1.39 bits per heavy atom. The Kier molecular flexibility index (Phi) is 7.51. The molecule has 0 bridgehead atoms. The molecule has 2 heterocycles. The quantitative estimate of drug-likeness (QED) is 0.162. The van der Waals surface area contributed by atoms with Crippen molar-refractivity contribution in [3.8, 4) is 55.5 Å². The lowest BCUT2D eigenvalue weighted by molar-refractivity contribution is 1.19. The molecule has 13 aromatic rings. The van der Waals surface area contributed by atoms with Crippen molar-refractivity contribution in [1.29, 1.82) is 0 Å². The van der Waals surface area contributed by atoms with Gasteiger partial charge in [0.05, 0.1) is 16.3 Å². The van der Waals surface area contributed by atoms with Crippen LogP contribution in [-0.2, 0) is 0 Å². The molecular formula is C58H34N2S. The molecule has 13 rings (SSSR count). The van der Waals surface area contributed by atoms with Crippen molar-refractivity contribution in [1.82, 2.24) is 9.97 Å². The summed E-state index contributed by atoms with van der Waals surface area (Å²) in [5.41, 5.74) is 8.65. The highest BCUT2D eigenvalue weighted by Gasteiger charge is 2.17. The largest absolute Gasteiger partial charge is 0.228 e. The van der Waals surface area contributed by atoms with E-state index in [1.54, 1.807) is 11.3 Å². The minimum Gasteiger partial charge on any atom is -0.228 e. The number of aromatic nitrogens is 2. The Hall–Kier alpha value is -7.72. The normalized spacial score (nSPS) is 11.9. The van der Waals surface area contributed by atoms with E-state index in [2.05, 4.69) is 188 Å². The highest BCUT2D eigenvalue weighted by atomic mass is 32.1. The maximum Gasteiger partial charge on any atom is 0.160 e. The maximum absolute atomic E-state index is 5.10. The van der Waals surface area contributed by atoms with Crippen molar-refractivity contribution in [3.63, 3.8) is 0 Å². The van der Waals surface area contributed by atoms with Crippen molar-refractivity contribution >= 4 is 86.1 Å². The smallest absolute Gasteiger partial charge is 0.160 e. The van der Waals surface area contributed by atoms with E-state index in [4.69, 9.17) is 9.97 Å². The van der Waals surface area contributed by atoms with E-state index in [1.807, 2.05) is 18.2 Å². The minimum atomic E-state index is 0.728. The fraction of sp³-hybridized carbons (Fsp3) is 0. The third-order valence-electron chi connectivity index (χ3n) is 12.6. The van der Waals surface area contributed by atoms with Crippen LogP contribution in [0.25, 0.3) is 130 Å². The SMILES string of the molecule is c1ccc(-c2nc(-c3ccc(-c4ccc(-c5cc6ccc7cccc8c9cccc%10ccc%11cccc(c(c5)c6c78)c%11c%109)cc4)cc3)cc(-c3cc4ccccc4s3)n2)cc1. The maximum atomic E-state index is 5.10. The summed E-state index contributed by atoms with van der Waals surface area (Å²) in [4.78, 5) is 11.3. The predicted octanol–water partition coefficient (Wildman–Crippen LogP) is 16.4. The van der Waals surface area contributed by atoms with Crippen molar-refractivity contribution in [2.75, 3.05) is 0 Å². The van der Waals surface area contributed by atoms with Gasteiger partial charge in [0.25, 0.3) is 0 Å². The second-order valence-corrected chi connectivity index (χ2v) is 17.2. The number of hydrogen-bond donors (Lipinski definition) is 0. The molecule has 0 aliphatic rings. The van der Waals surface area contributed by atoms with E-state index in [-0.39, 0.29) is 0 Å². The number of rotatable bonds is 5. The molecule has 0 atom stereocenters. The van der Waals surface area contributed by atoms with E-state index in [0.29, 0.717) is 0 Å². The van der Waals surface area contributed by atoms with Gasteiger partial charge in [0.15, 0.2) is 5.82 Å². The summed E-state index contributed by atoms with van der Waals surface area (Å²) in [5.74, 6) is 0.728. The van der Waals surface area contributed by atoms with E-state index in [9.17, 15) is 0 Å². The van der Waals surface area contributed by atoms with Crippen LogP contribution in [0.15, 0.2) is 206 Å². The van der Waals surface area contributed by atoms with Gasteiger partial charge in [0.2, 0.25) is 0 Å². The van der Waals surface area contributed by atoms with Crippen molar-refractivity contribution in [2.45, 2.75) is 0 Å². The van der Waals surface area contributed by atoms with Crippen molar-refractivity contribution in [2.24, 2.45) is 0 Å². The zero-order valence-corrected chi connectivity index (χ0v) is 33.7. The molecule has 61 heavy (non-hydrogen) atoms. The van der Waals surface area contributed by atoms with Crippen LogP contribution in [0, 0.1) is 0 Å². The Morgan fingerprint density at radius 1 is 0.279 bits per heavy atom. The van der Waals surface area contributed by atoms with Gasteiger partial charge in [-0.2, -0.15) is 0 Å². The molecule has 11 aromatic carbocycles. The summed E-state index contributed by atoms with van der Waals surface area (Å²) in [7, 11) is 0. The summed E-state index contributed by atoms with van der Waals surface area (Å²) >= 11 is 1.77. The van der Waals surface area contributed by atoms with Crippen LogP contribution >= 0.6 is 11.3 Å². The molecule has 282 valence electrons. The molecule has 0 aliphatic carbocycles. The van der Waals surface area contributed by atoms with Crippen LogP contribution in [0.4, 0.5) is 0 Å². The first kappa shape index (κ1) is 34.2. The first-order chi connectivity index (χ1) is 30.2. The Morgan fingerprint density at radius 2 is 0.770 bits per heavy atom. The summed E-state index contributed by atoms with van der Waals surface area (Å²) in [6, 6.07) is 75.3. The van der Waals surface area contributed by atoms with E-state index in [1.165, 1.54) is 91.4 Å². The van der Waals surface area contributed by atoms with Gasteiger partial charge in [-0.25, -0.2) is 9.97 Å². The molecule has 0 fully saturated rings. The standard InChI is InChI=1S/C58H34N2S/c1-2-9-42(10-3-1)58-59-50(34-51(60-58)53-33-43-11-4-5-18-52(43)61-53)38-25-23-36(24-26-38)35-19-21-37(22-20-35)45-31-44-30-29-41-13-7-16-47-46-15-6-12-39-27-28-40-14-8-17-48(56(40)54(39)46)49(32-45)57(44)55(41)47/h1-34H. The molecule has 0 amide bonds. The minimum absolute atomic E-state index is 0.728. The second kappa shape index (κ2) is 13.4. The van der Waals surface area contributed by atoms with Gasteiger partial charge in [0, 0.05) is 15.8 Å². The van der Waals surface area contributed by atoms with Gasteiger partial charge in [-0.15, -0.1) is 11.3 Å². The predicted molar refractivity (Wildman–Crippen MR) is 261 cm³/mol. The molecule has 0 radical (unpaired) electrons. The average Bonchev–Trinajstić information content (AvgIpc) is 3.78. The van der Waals surface area contributed by atoms with E-state index < -0.39 is 0 Å². The summed E-state index contributed by atoms with van der Waals surface area (Å²) < 4.78 is 1.25. The van der Waals surface area contributed by atoms with Gasteiger partial charge in [-0.1, -0.05) is 176 Å². The summed E-state index contributed by atoms with van der Waals surface area (Å²) in [6.45, 7) is 0. The zero-order chi connectivity index (χ0) is 40.0. The summed E-state index contributed by atoms with van der Waals surface area (Å²) in [5, 5.41) is 16.8. The second-order valence-electron chi connectivity index (χ2n) is 16.1. The highest BCUT2D eigenvalue weighted by Crippen LogP contribution is 2.45. The first-order valence-electron chi connectivity index (χ1n) is 20.8. The van der Waals surface area contributed by atoms with Crippen LogP contribution < -0.4 is 0 Å². The molecule has 0 N–H and O–H groups in total. The van der Waals surface area contributed by atoms with E-state index >= 15 is 0 Å². The number of fused-ring (bicyclic) bond motifs is 3. The van der Waals surface area contributed by atoms with Crippen LogP contribution in [0.5, 0.6) is 0 Å². The van der Waals surface area contributed by atoms with Crippen LogP contribution in [0.3, 0.4) is 0 Å². The number of thiophene rings is 1. The molecular weight excluding hydrogens is 757 g/mol. The lowest BCUT2D eigenvalue weighted by Crippen LogP contribution is -1.95. The van der Waals surface area contributed by atoms with Crippen molar-refractivity contribution in [3.05, 3.63) is 206 Å². The van der Waals surface area contributed by atoms with Gasteiger partial charge in [0.1, 0.15) is 0 Å². The average molecular weight is 791 g/mol. The summed E-state index contributed by atoms with van der Waals surface area (Å²) in [6.07, 6.45) is 0. The third kappa shape index (κ3) is 5.48. The van der Waals surface area contributed by atoms with Crippen LogP contribution in [0.2, 0.25) is 0 Å².